The zero-order valence-corrected chi connectivity index (χ0v) is 10.8. The SMILES string of the molecule is CC1CN(c2ccc(N3CCOC3=O)c(F)c2)C(=O)O1. The van der Waals surface area contributed by atoms with Crippen LogP contribution in [0.25, 0.3) is 0 Å². The van der Waals surface area contributed by atoms with E-state index in [9.17, 15) is 14.0 Å². The molecule has 3 rings (SSSR count). The fraction of sp³-hybridized carbons (Fsp3) is 0.385. The van der Waals surface area contributed by atoms with Gasteiger partial charge in [0.1, 0.15) is 18.5 Å². The number of hydrogen-bond acceptors (Lipinski definition) is 4. The molecule has 1 unspecified atom stereocenters. The number of cyclic esters (lactones) is 2. The average Bonchev–Trinajstić information content (AvgIpc) is 2.95. The molecular weight excluding hydrogens is 267 g/mol. The molecule has 1 atom stereocenters. The molecule has 2 amide bonds. The van der Waals surface area contributed by atoms with Crippen LogP contribution in [0.5, 0.6) is 0 Å². The molecule has 7 heteroatoms. The van der Waals surface area contributed by atoms with Gasteiger partial charge in [0.2, 0.25) is 0 Å². The zero-order chi connectivity index (χ0) is 14.3. The van der Waals surface area contributed by atoms with Crippen LogP contribution in [-0.2, 0) is 9.47 Å². The highest BCUT2D eigenvalue weighted by atomic mass is 19.1. The van der Waals surface area contributed by atoms with Gasteiger partial charge in [-0.2, -0.15) is 0 Å². The number of amides is 2. The molecule has 2 aliphatic heterocycles. The number of benzene rings is 1. The first-order chi connectivity index (χ1) is 9.56. The van der Waals surface area contributed by atoms with E-state index in [0.29, 0.717) is 18.8 Å². The standard InChI is InChI=1S/C13H13FN2O4/c1-8-7-16(13(18)20-8)9-2-3-11(10(14)6-9)15-4-5-19-12(15)17/h2-3,6,8H,4-5,7H2,1H3. The largest absolute Gasteiger partial charge is 0.447 e. The summed E-state index contributed by atoms with van der Waals surface area (Å²) in [4.78, 5) is 25.6. The van der Waals surface area contributed by atoms with Crippen LogP contribution < -0.4 is 9.80 Å². The Balaban J connectivity index is 1.88. The lowest BCUT2D eigenvalue weighted by Gasteiger charge is -2.17. The lowest BCUT2D eigenvalue weighted by Crippen LogP contribution is -2.26. The molecule has 1 aromatic rings. The minimum absolute atomic E-state index is 0.150. The summed E-state index contributed by atoms with van der Waals surface area (Å²) in [5, 5.41) is 0. The van der Waals surface area contributed by atoms with Crippen molar-refractivity contribution in [3.05, 3.63) is 24.0 Å². The third-order valence-corrected chi connectivity index (χ3v) is 3.26. The summed E-state index contributed by atoms with van der Waals surface area (Å²) in [5.74, 6) is -0.575. The van der Waals surface area contributed by atoms with Crippen molar-refractivity contribution in [1.82, 2.24) is 0 Å². The second-order valence-electron chi connectivity index (χ2n) is 4.71. The van der Waals surface area contributed by atoms with Gasteiger partial charge in [0.15, 0.2) is 0 Å². The van der Waals surface area contributed by atoms with Crippen molar-refractivity contribution in [3.63, 3.8) is 0 Å². The Morgan fingerprint density at radius 1 is 1.25 bits per heavy atom. The first kappa shape index (κ1) is 12.7. The van der Waals surface area contributed by atoms with Crippen LogP contribution in [0.15, 0.2) is 18.2 Å². The first-order valence-corrected chi connectivity index (χ1v) is 6.28. The first-order valence-electron chi connectivity index (χ1n) is 6.28. The van der Waals surface area contributed by atoms with Gasteiger partial charge in [0.25, 0.3) is 0 Å². The number of anilines is 2. The third-order valence-electron chi connectivity index (χ3n) is 3.26. The Kier molecular flexibility index (Phi) is 2.96. The molecule has 0 spiro atoms. The Labute approximate surface area is 114 Å². The van der Waals surface area contributed by atoms with Crippen molar-refractivity contribution >= 4 is 23.6 Å². The highest BCUT2D eigenvalue weighted by Gasteiger charge is 2.31. The summed E-state index contributed by atoms with van der Waals surface area (Å²) in [7, 11) is 0. The van der Waals surface area contributed by atoms with Crippen molar-refractivity contribution in [3.8, 4) is 0 Å². The number of carbonyl (C=O) groups is 2. The lowest BCUT2D eigenvalue weighted by molar-refractivity contribution is 0.150. The smallest absolute Gasteiger partial charge is 0.414 e. The molecule has 2 heterocycles. The number of halogens is 1. The summed E-state index contributed by atoms with van der Waals surface area (Å²) < 4.78 is 23.9. The number of nitrogens with zero attached hydrogens (tertiary/aromatic N) is 2. The fourth-order valence-corrected chi connectivity index (χ4v) is 2.31. The summed E-state index contributed by atoms with van der Waals surface area (Å²) in [5.41, 5.74) is 0.560. The highest BCUT2D eigenvalue weighted by Crippen LogP contribution is 2.29. The Morgan fingerprint density at radius 2 is 2.05 bits per heavy atom. The molecule has 2 saturated heterocycles. The molecule has 2 fully saturated rings. The van der Waals surface area contributed by atoms with E-state index in [4.69, 9.17) is 9.47 Å². The molecule has 1 aromatic carbocycles. The number of ether oxygens (including phenoxy) is 2. The Hall–Kier alpha value is -2.31. The number of rotatable bonds is 2. The topological polar surface area (TPSA) is 59.1 Å². The van der Waals surface area contributed by atoms with E-state index in [-0.39, 0.29) is 18.4 Å². The predicted octanol–water partition coefficient (Wildman–Crippen LogP) is 2.13. The summed E-state index contributed by atoms with van der Waals surface area (Å²) in [6.07, 6.45) is -1.28. The van der Waals surface area contributed by atoms with Crippen LogP contribution in [-0.4, -0.2) is 38.0 Å². The van der Waals surface area contributed by atoms with Gasteiger partial charge in [-0.15, -0.1) is 0 Å². The quantitative estimate of drug-likeness (QED) is 0.832. The summed E-state index contributed by atoms with van der Waals surface area (Å²) in [6.45, 7) is 2.71. The minimum atomic E-state index is -0.575. The second-order valence-corrected chi connectivity index (χ2v) is 4.71. The molecule has 0 bridgehead atoms. The maximum Gasteiger partial charge on any atom is 0.414 e. The normalized spacial score (nSPS) is 22.2. The van der Waals surface area contributed by atoms with Gasteiger partial charge in [-0.1, -0.05) is 0 Å². The van der Waals surface area contributed by atoms with E-state index in [1.807, 2.05) is 0 Å². The fourth-order valence-electron chi connectivity index (χ4n) is 2.31. The molecule has 6 nitrogen and oxygen atoms in total. The highest BCUT2D eigenvalue weighted by molar-refractivity contribution is 5.92. The van der Waals surface area contributed by atoms with Gasteiger partial charge in [0.05, 0.1) is 24.5 Å². The van der Waals surface area contributed by atoms with Crippen molar-refractivity contribution in [2.24, 2.45) is 0 Å². The van der Waals surface area contributed by atoms with E-state index in [2.05, 4.69) is 0 Å². The van der Waals surface area contributed by atoms with Crippen molar-refractivity contribution in [2.75, 3.05) is 29.5 Å². The van der Waals surface area contributed by atoms with E-state index < -0.39 is 18.0 Å². The molecule has 0 radical (unpaired) electrons. The third kappa shape index (κ3) is 2.04. The Bertz CT molecular complexity index is 577. The number of carbonyl (C=O) groups excluding carboxylic acids is 2. The Morgan fingerprint density at radius 3 is 2.60 bits per heavy atom. The van der Waals surface area contributed by atoms with Crippen molar-refractivity contribution in [1.29, 1.82) is 0 Å². The van der Waals surface area contributed by atoms with Crippen LogP contribution in [0.3, 0.4) is 0 Å². The molecule has 0 N–H and O–H groups in total. The molecule has 0 saturated carbocycles. The van der Waals surface area contributed by atoms with E-state index >= 15 is 0 Å². The van der Waals surface area contributed by atoms with Crippen LogP contribution in [0.2, 0.25) is 0 Å². The summed E-state index contributed by atoms with van der Waals surface area (Å²) in [6, 6.07) is 4.27. The molecule has 0 aromatic heterocycles. The van der Waals surface area contributed by atoms with Gasteiger partial charge in [-0.05, 0) is 25.1 Å². The van der Waals surface area contributed by atoms with Gasteiger partial charge in [-0.3, -0.25) is 9.80 Å². The lowest BCUT2D eigenvalue weighted by atomic mass is 10.2. The van der Waals surface area contributed by atoms with Crippen LogP contribution in [0.1, 0.15) is 6.92 Å². The van der Waals surface area contributed by atoms with Crippen LogP contribution in [0.4, 0.5) is 25.4 Å². The van der Waals surface area contributed by atoms with Gasteiger partial charge in [-0.25, -0.2) is 14.0 Å². The van der Waals surface area contributed by atoms with Gasteiger partial charge in [0, 0.05) is 0 Å². The maximum absolute atomic E-state index is 14.1. The minimum Gasteiger partial charge on any atom is -0.447 e. The predicted molar refractivity (Wildman–Crippen MR) is 68.4 cm³/mol. The van der Waals surface area contributed by atoms with Crippen LogP contribution >= 0.6 is 0 Å². The maximum atomic E-state index is 14.1. The van der Waals surface area contributed by atoms with E-state index in [0.717, 1.165) is 0 Å². The monoisotopic (exact) mass is 280 g/mol. The van der Waals surface area contributed by atoms with Crippen molar-refractivity contribution in [2.45, 2.75) is 13.0 Å². The van der Waals surface area contributed by atoms with Crippen LogP contribution in [0, 0.1) is 5.82 Å². The second kappa shape index (κ2) is 4.66. The molecule has 0 aliphatic carbocycles. The average molecular weight is 280 g/mol. The molecule has 2 aliphatic rings. The number of hydrogen-bond donors (Lipinski definition) is 0. The van der Waals surface area contributed by atoms with E-state index in [1.54, 1.807) is 13.0 Å². The molecular formula is C13H13FN2O4. The zero-order valence-electron chi connectivity index (χ0n) is 10.8. The van der Waals surface area contributed by atoms with E-state index in [1.165, 1.54) is 21.9 Å². The van der Waals surface area contributed by atoms with Gasteiger partial charge < -0.3 is 9.47 Å². The van der Waals surface area contributed by atoms with Gasteiger partial charge >= 0.3 is 12.2 Å². The van der Waals surface area contributed by atoms with Crippen molar-refractivity contribution < 1.29 is 23.5 Å². The summed E-state index contributed by atoms with van der Waals surface area (Å²) >= 11 is 0. The molecule has 20 heavy (non-hydrogen) atoms. The molecule has 106 valence electrons.